The molecule has 1 aromatic carbocycles. The lowest BCUT2D eigenvalue weighted by Crippen LogP contribution is -1.83. The van der Waals surface area contributed by atoms with E-state index in [9.17, 15) is 9.18 Å². The molecule has 0 saturated heterocycles. The smallest absolute Gasteiger partial charge is 0.160 e. The molecule has 0 aliphatic carbocycles. The summed E-state index contributed by atoms with van der Waals surface area (Å²) in [5, 5.41) is 1.72. The molecule has 0 fully saturated rings. The molecule has 5 heteroatoms. The third-order valence-electron chi connectivity index (χ3n) is 1.84. The molecule has 0 unspecified atom stereocenters. The van der Waals surface area contributed by atoms with E-state index in [1.165, 1.54) is 29.5 Å². The summed E-state index contributed by atoms with van der Waals surface area (Å²) in [4.78, 5) is 11.1. The van der Waals surface area contributed by atoms with Gasteiger partial charge < -0.3 is 4.74 Å². The summed E-state index contributed by atoms with van der Waals surface area (Å²) in [5.41, 5.74) is 0. The summed E-state index contributed by atoms with van der Waals surface area (Å²) in [5.74, 6) is 0.750. The Morgan fingerprint density at radius 3 is 2.75 bits per heavy atom. The van der Waals surface area contributed by atoms with Gasteiger partial charge in [0.2, 0.25) is 0 Å². The van der Waals surface area contributed by atoms with Crippen molar-refractivity contribution in [1.82, 2.24) is 0 Å². The second-order valence-electron chi connectivity index (χ2n) is 2.98. The zero-order chi connectivity index (χ0) is 11.5. The van der Waals surface area contributed by atoms with Crippen LogP contribution in [0.4, 0.5) is 4.39 Å². The average molecular weight is 301 g/mol. The van der Waals surface area contributed by atoms with Crippen molar-refractivity contribution in [2.45, 2.75) is 0 Å². The van der Waals surface area contributed by atoms with Crippen molar-refractivity contribution in [3.05, 3.63) is 44.8 Å². The Balaban J connectivity index is 2.20. The maximum Gasteiger partial charge on any atom is 0.160 e. The Labute approximate surface area is 104 Å². The highest BCUT2D eigenvalue weighted by molar-refractivity contribution is 9.10. The molecule has 0 radical (unpaired) electrons. The van der Waals surface area contributed by atoms with Crippen molar-refractivity contribution < 1.29 is 13.9 Å². The average Bonchev–Trinajstić information content (AvgIpc) is 2.71. The number of aldehydes is 1. The molecule has 0 aliphatic heterocycles. The predicted octanol–water partition coefficient (Wildman–Crippen LogP) is 4.25. The third-order valence-corrected chi connectivity index (χ3v) is 3.28. The van der Waals surface area contributed by atoms with Crippen molar-refractivity contribution in [3.8, 4) is 11.5 Å². The van der Waals surface area contributed by atoms with Crippen LogP contribution in [-0.2, 0) is 0 Å². The number of carbonyl (C=O) groups is 1. The van der Waals surface area contributed by atoms with Gasteiger partial charge in [-0.1, -0.05) is 0 Å². The van der Waals surface area contributed by atoms with E-state index in [-0.39, 0.29) is 5.82 Å². The molecule has 0 amide bonds. The lowest BCUT2D eigenvalue weighted by molar-refractivity contribution is 0.112. The standard InChI is InChI=1S/C11H6BrFO2S/c12-10-4-7(1-2-11(10)13)15-8-3-9(5-14)16-6-8/h1-6H. The molecule has 0 aliphatic rings. The number of rotatable bonds is 3. The molecule has 2 aromatic rings. The van der Waals surface area contributed by atoms with Gasteiger partial charge in [0.05, 0.1) is 9.35 Å². The normalized spacial score (nSPS) is 10.1. The summed E-state index contributed by atoms with van der Waals surface area (Å²) in [6.07, 6.45) is 0.762. The minimum absolute atomic E-state index is 0.341. The number of halogens is 2. The van der Waals surface area contributed by atoms with Gasteiger partial charge >= 0.3 is 0 Å². The SMILES string of the molecule is O=Cc1cc(Oc2ccc(F)c(Br)c2)cs1. The van der Waals surface area contributed by atoms with Crippen LogP contribution in [0.15, 0.2) is 34.1 Å². The zero-order valence-corrected chi connectivity index (χ0v) is 10.3. The van der Waals surface area contributed by atoms with Crippen LogP contribution in [0.2, 0.25) is 0 Å². The number of hydrogen-bond donors (Lipinski definition) is 0. The van der Waals surface area contributed by atoms with Crippen LogP contribution in [0, 0.1) is 5.82 Å². The minimum Gasteiger partial charge on any atom is -0.456 e. The van der Waals surface area contributed by atoms with E-state index in [1.54, 1.807) is 11.4 Å². The van der Waals surface area contributed by atoms with Gasteiger partial charge in [0, 0.05) is 11.4 Å². The number of hydrogen-bond acceptors (Lipinski definition) is 3. The first-order chi connectivity index (χ1) is 7.69. The molecule has 0 N–H and O–H groups in total. The van der Waals surface area contributed by atoms with Crippen molar-refractivity contribution >= 4 is 33.6 Å². The Bertz CT molecular complexity index is 524. The van der Waals surface area contributed by atoms with E-state index in [0.717, 1.165) is 6.29 Å². The largest absolute Gasteiger partial charge is 0.456 e. The Morgan fingerprint density at radius 1 is 1.31 bits per heavy atom. The van der Waals surface area contributed by atoms with Crippen LogP contribution < -0.4 is 4.74 Å². The fourth-order valence-corrected chi connectivity index (χ4v) is 2.09. The Kier molecular flexibility index (Phi) is 3.36. The van der Waals surface area contributed by atoms with Gasteiger partial charge in [-0.2, -0.15) is 0 Å². The zero-order valence-electron chi connectivity index (χ0n) is 7.94. The third kappa shape index (κ3) is 2.48. The van der Waals surface area contributed by atoms with E-state index in [0.29, 0.717) is 20.8 Å². The van der Waals surface area contributed by atoms with Crippen molar-refractivity contribution in [3.63, 3.8) is 0 Å². The molecule has 82 valence electrons. The van der Waals surface area contributed by atoms with Crippen molar-refractivity contribution in [1.29, 1.82) is 0 Å². The van der Waals surface area contributed by atoms with Gasteiger partial charge in [0.15, 0.2) is 6.29 Å². The van der Waals surface area contributed by atoms with E-state index in [2.05, 4.69) is 15.9 Å². The molecule has 0 saturated carbocycles. The van der Waals surface area contributed by atoms with E-state index < -0.39 is 0 Å². The lowest BCUT2D eigenvalue weighted by atomic mass is 10.3. The minimum atomic E-state index is -0.341. The quantitative estimate of drug-likeness (QED) is 0.792. The maximum atomic E-state index is 12.9. The maximum absolute atomic E-state index is 12.9. The number of ether oxygens (including phenoxy) is 1. The van der Waals surface area contributed by atoms with Gasteiger partial charge in [0.25, 0.3) is 0 Å². The first-order valence-electron chi connectivity index (χ1n) is 4.35. The second-order valence-corrected chi connectivity index (χ2v) is 4.78. The van der Waals surface area contributed by atoms with Crippen LogP contribution in [0.5, 0.6) is 11.5 Å². The van der Waals surface area contributed by atoms with Crippen LogP contribution in [0.25, 0.3) is 0 Å². The molecule has 0 spiro atoms. The monoisotopic (exact) mass is 300 g/mol. The summed E-state index contributed by atoms with van der Waals surface area (Å²) < 4.78 is 18.7. The van der Waals surface area contributed by atoms with Crippen LogP contribution in [-0.4, -0.2) is 6.29 Å². The Hall–Kier alpha value is -1.20. The summed E-state index contributed by atoms with van der Waals surface area (Å²) in [6, 6.07) is 6.01. The molecule has 16 heavy (non-hydrogen) atoms. The molecule has 2 nitrogen and oxygen atoms in total. The van der Waals surface area contributed by atoms with Gasteiger partial charge in [-0.05, 0) is 34.1 Å². The van der Waals surface area contributed by atoms with Gasteiger partial charge in [-0.25, -0.2) is 4.39 Å². The highest BCUT2D eigenvalue weighted by Gasteiger charge is 2.04. The second kappa shape index (κ2) is 4.76. The highest BCUT2D eigenvalue weighted by Crippen LogP contribution is 2.28. The summed E-state index contributed by atoms with van der Waals surface area (Å²) in [6.45, 7) is 0. The molecular formula is C11H6BrFO2S. The van der Waals surface area contributed by atoms with Gasteiger partial charge in [0.1, 0.15) is 17.3 Å². The van der Waals surface area contributed by atoms with E-state index in [1.807, 2.05) is 0 Å². The van der Waals surface area contributed by atoms with Crippen LogP contribution >= 0.6 is 27.3 Å². The molecule has 0 bridgehead atoms. The first kappa shape index (κ1) is 11.3. The van der Waals surface area contributed by atoms with E-state index in [4.69, 9.17) is 4.74 Å². The van der Waals surface area contributed by atoms with Gasteiger partial charge in [-0.15, -0.1) is 11.3 Å². The fourth-order valence-electron chi connectivity index (χ4n) is 1.13. The van der Waals surface area contributed by atoms with E-state index >= 15 is 0 Å². The summed E-state index contributed by atoms with van der Waals surface area (Å²) in [7, 11) is 0. The number of thiophene rings is 1. The molecule has 0 atom stereocenters. The van der Waals surface area contributed by atoms with Gasteiger partial charge in [-0.3, -0.25) is 4.79 Å². The summed E-state index contributed by atoms with van der Waals surface area (Å²) >= 11 is 4.37. The van der Waals surface area contributed by atoms with Crippen molar-refractivity contribution in [2.24, 2.45) is 0 Å². The lowest BCUT2D eigenvalue weighted by Gasteiger charge is -2.03. The van der Waals surface area contributed by atoms with Crippen LogP contribution in [0.3, 0.4) is 0 Å². The number of benzene rings is 1. The topological polar surface area (TPSA) is 26.3 Å². The fraction of sp³-hybridized carbons (Fsp3) is 0. The molecular weight excluding hydrogens is 295 g/mol. The number of carbonyl (C=O) groups excluding carboxylic acids is 1. The molecule has 1 heterocycles. The molecule has 2 rings (SSSR count). The van der Waals surface area contributed by atoms with Crippen molar-refractivity contribution in [2.75, 3.05) is 0 Å². The highest BCUT2D eigenvalue weighted by atomic mass is 79.9. The molecule has 1 aromatic heterocycles. The van der Waals surface area contributed by atoms with Crippen LogP contribution in [0.1, 0.15) is 9.67 Å². The first-order valence-corrected chi connectivity index (χ1v) is 6.03. The Morgan fingerprint density at radius 2 is 2.12 bits per heavy atom. The predicted molar refractivity (Wildman–Crippen MR) is 63.9 cm³/mol.